The first-order chi connectivity index (χ1) is 9.83. The molecule has 2 aromatic rings. The van der Waals surface area contributed by atoms with E-state index in [9.17, 15) is 0 Å². The van der Waals surface area contributed by atoms with Gasteiger partial charge in [0.2, 0.25) is 0 Å². The summed E-state index contributed by atoms with van der Waals surface area (Å²) >= 11 is 6.17. The first-order valence-corrected chi connectivity index (χ1v) is 7.03. The van der Waals surface area contributed by atoms with Crippen LogP contribution in [0.15, 0.2) is 43.0 Å². The quantitative estimate of drug-likeness (QED) is 0.871. The molecule has 2 aromatic heterocycles. The average Bonchev–Trinajstić information content (AvgIpc) is 2.51. The molecule has 1 saturated heterocycles. The minimum atomic E-state index is 0.0815. The van der Waals surface area contributed by atoms with Gasteiger partial charge in [0.25, 0.3) is 0 Å². The normalized spacial score (nSPS) is 19.9. The van der Waals surface area contributed by atoms with Crippen LogP contribution in [0.4, 0.5) is 0 Å². The molecule has 0 aromatic carbocycles. The first-order valence-electron chi connectivity index (χ1n) is 6.65. The van der Waals surface area contributed by atoms with Crippen LogP contribution in [0.1, 0.15) is 17.2 Å². The zero-order valence-electron chi connectivity index (χ0n) is 11.1. The second-order valence-corrected chi connectivity index (χ2v) is 5.26. The molecule has 3 heterocycles. The predicted octanol–water partition coefficient (Wildman–Crippen LogP) is 2.70. The maximum absolute atomic E-state index is 6.17. The van der Waals surface area contributed by atoms with Crippen molar-refractivity contribution in [3.63, 3.8) is 0 Å². The van der Waals surface area contributed by atoms with Gasteiger partial charge in [-0.05, 0) is 17.7 Å². The van der Waals surface area contributed by atoms with E-state index in [4.69, 9.17) is 16.3 Å². The largest absolute Gasteiger partial charge is 0.371 e. The number of hydrogen-bond acceptors (Lipinski definition) is 4. The first kappa shape index (κ1) is 13.5. The molecule has 1 atom stereocenters. The van der Waals surface area contributed by atoms with Gasteiger partial charge in [-0.15, -0.1) is 0 Å². The van der Waals surface area contributed by atoms with Crippen molar-refractivity contribution in [3.8, 4) is 0 Å². The highest BCUT2D eigenvalue weighted by atomic mass is 35.5. The molecule has 0 bridgehead atoms. The molecule has 1 aliphatic heterocycles. The van der Waals surface area contributed by atoms with Crippen LogP contribution < -0.4 is 0 Å². The van der Waals surface area contributed by atoms with Crippen LogP contribution in [0.25, 0.3) is 0 Å². The number of hydrogen-bond donors (Lipinski definition) is 0. The van der Waals surface area contributed by atoms with Crippen molar-refractivity contribution < 1.29 is 4.74 Å². The summed E-state index contributed by atoms with van der Waals surface area (Å²) in [6.45, 7) is 3.31. The summed E-state index contributed by atoms with van der Waals surface area (Å²) in [6, 6.07) is 5.97. The molecule has 0 N–H and O–H groups in total. The van der Waals surface area contributed by atoms with Crippen molar-refractivity contribution in [1.82, 2.24) is 14.9 Å². The molecular formula is C15H16ClN3O. The molecule has 5 heteroatoms. The molecule has 3 rings (SSSR count). The Balaban J connectivity index is 1.68. The van der Waals surface area contributed by atoms with E-state index in [0.29, 0.717) is 0 Å². The molecule has 0 saturated carbocycles. The molecule has 4 nitrogen and oxygen atoms in total. The van der Waals surface area contributed by atoms with E-state index >= 15 is 0 Å². The molecule has 1 unspecified atom stereocenters. The fourth-order valence-electron chi connectivity index (χ4n) is 2.39. The van der Waals surface area contributed by atoms with E-state index < -0.39 is 0 Å². The van der Waals surface area contributed by atoms with Gasteiger partial charge in [0.05, 0.1) is 17.7 Å². The molecule has 20 heavy (non-hydrogen) atoms. The number of ether oxygens (including phenoxy) is 1. The number of rotatable bonds is 3. The van der Waals surface area contributed by atoms with E-state index in [1.54, 1.807) is 18.6 Å². The Labute approximate surface area is 123 Å². The summed E-state index contributed by atoms with van der Waals surface area (Å²) in [7, 11) is 0. The fourth-order valence-corrected chi connectivity index (χ4v) is 2.57. The van der Waals surface area contributed by atoms with Crippen molar-refractivity contribution in [1.29, 1.82) is 0 Å². The molecule has 0 radical (unpaired) electrons. The highest BCUT2D eigenvalue weighted by molar-refractivity contribution is 6.31. The summed E-state index contributed by atoms with van der Waals surface area (Å²) < 4.78 is 5.84. The lowest BCUT2D eigenvalue weighted by molar-refractivity contribution is -0.0330. The summed E-state index contributed by atoms with van der Waals surface area (Å²) in [4.78, 5) is 10.5. The van der Waals surface area contributed by atoms with Crippen LogP contribution in [0.5, 0.6) is 0 Å². The van der Waals surface area contributed by atoms with E-state index in [0.717, 1.165) is 42.4 Å². The van der Waals surface area contributed by atoms with Gasteiger partial charge in [-0.3, -0.25) is 14.9 Å². The number of halogens is 1. The SMILES string of the molecule is Clc1cnccc1CN1CCOC(c2cccnc2)C1. The Morgan fingerprint density at radius 3 is 2.95 bits per heavy atom. The smallest absolute Gasteiger partial charge is 0.0967 e. The Bertz CT molecular complexity index is 564. The van der Waals surface area contributed by atoms with Crippen molar-refractivity contribution in [2.45, 2.75) is 12.6 Å². The highest BCUT2D eigenvalue weighted by Gasteiger charge is 2.22. The molecule has 0 spiro atoms. The van der Waals surface area contributed by atoms with E-state index in [2.05, 4.69) is 20.9 Å². The third-order valence-electron chi connectivity index (χ3n) is 3.46. The monoisotopic (exact) mass is 289 g/mol. The van der Waals surface area contributed by atoms with Gasteiger partial charge in [0, 0.05) is 50.0 Å². The van der Waals surface area contributed by atoms with E-state index in [1.807, 2.05) is 18.3 Å². The third kappa shape index (κ3) is 3.15. The van der Waals surface area contributed by atoms with Gasteiger partial charge in [-0.2, -0.15) is 0 Å². The lowest BCUT2D eigenvalue weighted by Gasteiger charge is -2.33. The average molecular weight is 290 g/mol. The lowest BCUT2D eigenvalue weighted by atomic mass is 10.1. The van der Waals surface area contributed by atoms with Crippen LogP contribution >= 0.6 is 11.6 Å². The van der Waals surface area contributed by atoms with Gasteiger partial charge in [0.1, 0.15) is 0 Å². The summed E-state index contributed by atoms with van der Waals surface area (Å²) in [5, 5.41) is 0.719. The van der Waals surface area contributed by atoms with Crippen molar-refractivity contribution in [3.05, 3.63) is 59.1 Å². The number of aromatic nitrogens is 2. The van der Waals surface area contributed by atoms with Gasteiger partial charge in [-0.25, -0.2) is 0 Å². The van der Waals surface area contributed by atoms with Gasteiger partial charge in [-0.1, -0.05) is 17.7 Å². The van der Waals surface area contributed by atoms with Crippen LogP contribution in [-0.2, 0) is 11.3 Å². The summed E-state index contributed by atoms with van der Waals surface area (Å²) in [5.41, 5.74) is 2.23. The Morgan fingerprint density at radius 1 is 1.25 bits per heavy atom. The third-order valence-corrected chi connectivity index (χ3v) is 3.80. The molecule has 1 aliphatic rings. The standard InChI is InChI=1S/C15H16ClN3O/c16-14-9-18-5-3-13(14)10-19-6-7-20-15(11-19)12-2-1-4-17-8-12/h1-5,8-9,15H,6-7,10-11H2. The fraction of sp³-hybridized carbons (Fsp3) is 0.333. The number of pyridine rings is 2. The van der Waals surface area contributed by atoms with E-state index in [1.165, 1.54) is 0 Å². The van der Waals surface area contributed by atoms with Gasteiger partial charge >= 0.3 is 0 Å². The van der Waals surface area contributed by atoms with Crippen LogP contribution in [-0.4, -0.2) is 34.6 Å². The van der Waals surface area contributed by atoms with Crippen LogP contribution in [0, 0.1) is 0 Å². The summed E-state index contributed by atoms with van der Waals surface area (Å²) in [5.74, 6) is 0. The van der Waals surface area contributed by atoms with Crippen LogP contribution in [0.3, 0.4) is 0 Å². The van der Waals surface area contributed by atoms with Crippen molar-refractivity contribution in [2.24, 2.45) is 0 Å². The Morgan fingerprint density at radius 2 is 2.15 bits per heavy atom. The van der Waals surface area contributed by atoms with Gasteiger partial charge in [0.15, 0.2) is 0 Å². The maximum atomic E-state index is 6.17. The van der Waals surface area contributed by atoms with Crippen molar-refractivity contribution in [2.75, 3.05) is 19.7 Å². The zero-order chi connectivity index (χ0) is 13.8. The molecular weight excluding hydrogens is 274 g/mol. The maximum Gasteiger partial charge on any atom is 0.0967 e. The highest BCUT2D eigenvalue weighted by Crippen LogP contribution is 2.24. The molecule has 0 amide bonds. The van der Waals surface area contributed by atoms with E-state index in [-0.39, 0.29) is 6.10 Å². The molecule has 1 fully saturated rings. The Kier molecular flexibility index (Phi) is 4.25. The Hall–Kier alpha value is -1.49. The lowest BCUT2D eigenvalue weighted by Crippen LogP contribution is -2.37. The van der Waals surface area contributed by atoms with Crippen molar-refractivity contribution >= 4 is 11.6 Å². The van der Waals surface area contributed by atoms with Gasteiger partial charge < -0.3 is 4.74 Å². The molecule has 0 aliphatic carbocycles. The second kappa shape index (κ2) is 6.31. The zero-order valence-corrected chi connectivity index (χ0v) is 11.8. The minimum Gasteiger partial charge on any atom is -0.371 e. The molecule has 104 valence electrons. The second-order valence-electron chi connectivity index (χ2n) is 4.85. The number of morpholine rings is 1. The predicted molar refractivity (Wildman–Crippen MR) is 77.5 cm³/mol. The topological polar surface area (TPSA) is 38.2 Å². The number of nitrogens with zero attached hydrogens (tertiary/aromatic N) is 3. The van der Waals surface area contributed by atoms with Crippen LogP contribution in [0.2, 0.25) is 5.02 Å². The summed E-state index contributed by atoms with van der Waals surface area (Å²) in [6.07, 6.45) is 7.20. The minimum absolute atomic E-state index is 0.0815.